The Morgan fingerprint density at radius 2 is 1.24 bits per heavy atom. The molecule has 37 heavy (non-hydrogen) atoms. The molecule has 0 amide bonds. The summed E-state index contributed by atoms with van der Waals surface area (Å²) in [6.07, 6.45) is 9.20. The maximum Gasteiger partial charge on any atom is 0.446 e. The highest BCUT2D eigenvalue weighted by Crippen LogP contribution is 2.22. The van der Waals surface area contributed by atoms with E-state index in [-0.39, 0.29) is 25.6 Å². The van der Waals surface area contributed by atoms with Crippen molar-refractivity contribution in [2.45, 2.75) is 72.1 Å². The van der Waals surface area contributed by atoms with Gasteiger partial charge in [-0.25, -0.2) is 0 Å². The predicted octanol–water partition coefficient (Wildman–Crippen LogP) is 4.27. The summed E-state index contributed by atoms with van der Waals surface area (Å²) in [7, 11) is -4.45. The summed E-state index contributed by atoms with van der Waals surface area (Å²) >= 11 is 0. The molecular formula is C27H53NO8S. The Balaban J connectivity index is -0.000000566. The minimum Gasteiger partial charge on any atom is -0.395 e. The van der Waals surface area contributed by atoms with E-state index in [2.05, 4.69) is 24.3 Å². The number of hydrogen-bond acceptors (Lipinski definition) is 8. The first-order valence-corrected chi connectivity index (χ1v) is 14.5. The molecular weight excluding hydrogens is 498 g/mol. The number of hydrogen-bond donors (Lipinski definition) is 4. The molecule has 0 fully saturated rings. The van der Waals surface area contributed by atoms with E-state index in [4.69, 9.17) is 24.6 Å². The minimum absolute atomic E-state index is 0.0694. The fourth-order valence-corrected chi connectivity index (χ4v) is 3.53. The van der Waals surface area contributed by atoms with Crippen molar-refractivity contribution < 1.29 is 37.2 Å². The highest BCUT2D eigenvalue weighted by molar-refractivity contribution is 7.81. The minimum atomic E-state index is -4.45. The Kier molecular flexibility index (Phi) is 33.2. The van der Waals surface area contributed by atoms with E-state index in [1.165, 1.54) is 32.1 Å². The Bertz CT molecular complexity index is 672. The van der Waals surface area contributed by atoms with Gasteiger partial charge >= 0.3 is 10.4 Å². The third kappa shape index (κ3) is 30.6. The molecule has 10 heteroatoms. The van der Waals surface area contributed by atoms with Crippen LogP contribution in [0, 0.1) is 0 Å². The lowest BCUT2D eigenvalue weighted by Crippen LogP contribution is -2.32. The molecule has 0 aliphatic rings. The van der Waals surface area contributed by atoms with Crippen molar-refractivity contribution in [2.24, 2.45) is 0 Å². The Hall–Kier alpha value is -1.53. The molecule has 0 heterocycles. The number of unbranched alkanes of at least 4 members (excludes halogenated alkanes) is 6. The molecule has 0 spiro atoms. The molecule has 0 atom stereocenters. The molecule has 1 aromatic rings. The van der Waals surface area contributed by atoms with Crippen LogP contribution in [0.1, 0.15) is 71.3 Å². The summed E-state index contributed by atoms with van der Waals surface area (Å²) in [5.41, 5.74) is 0.818. The highest BCUT2D eigenvalue weighted by Gasteiger charge is 2.10. The monoisotopic (exact) mass is 551 g/mol. The molecule has 220 valence electrons. The van der Waals surface area contributed by atoms with E-state index in [1.54, 1.807) is 17.0 Å². The molecule has 0 unspecified atom stereocenters. The quantitative estimate of drug-likeness (QED) is 0.120. The van der Waals surface area contributed by atoms with E-state index in [1.807, 2.05) is 26.0 Å². The number of ether oxygens (including phenoxy) is 1. The van der Waals surface area contributed by atoms with Crippen LogP contribution < -0.4 is 4.18 Å². The first-order valence-electron chi connectivity index (χ1n) is 13.2. The van der Waals surface area contributed by atoms with Crippen LogP contribution in [0.3, 0.4) is 0 Å². The highest BCUT2D eigenvalue weighted by atomic mass is 32.3. The van der Waals surface area contributed by atoms with Crippen molar-refractivity contribution in [3.05, 3.63) is 43.0 Å². The second-order valence-corrected chi connectivity index (χ2v) is 8.81. The molecule has 0 bridgehead atoms. The summed E-state index contributed by atoms with van der Waals surface area (Å²) in [5, 5.41) is 25.5. The van der Waals surface area contributed by atoms with E-state index in [9.17, 15) is 8.42 Å². The predicted molar refractivity (Wildman–Crippen MR) is 151 cm³/mol. The molecule has 4 N–H and O–H groups in total. The lowest BCUT2D eigenvalue weighted by Gasteiger charge is -2.17. The van der Waals surface area contributed by atoms with Crippen molar-refractivity contribution in [2.75, 3.05) is 52.7 Å². The molecule has 0 saturated heterocycles. The number of aliphatic hydroxyl groups excluding tert-OH is 3. The standard InChI is InChI=1S/C15H24O4S.C6H15NO3.C4H10O.C2H4/c1-2-3-4-5-6-7-8-11-14-12-9-10-13-15(14)19-20(16,17)18;8-4-1-7(2-5-9)3-6-10;1-3-5-4-2;1-2/h9-10,12-13H,2-8,11H2,1H3,(H,16,17,18);8-10H,1-6H2;3-4H2,1-2H3;1-2H2. The topological polar surface area (TPSA) is 137 Å². The van der Waals surface area contributed by atoms with Crippen LogP contribution in [-0.4, -0.2) is 85.9 Å². The number of nitrogens with zero attached hydrogens (tertiary/aromatic N) is 1. The second-order valence-electron chi connectivity index (χ2n) is 7.78. The summed E-state index contributed by atoms with van der Waals surface area (Å²) < 4.78 is 39.7. The van der Waals surface area contributed by atoms with Gasteiger partial charge in [0.25, 0.3) is 0 Å². The van der Waals surface area contributed by atoms with Crippen LogP contribution in [-0.2, 0) is 21.6 Å². The average molecular weight is 552 g/mol. The smallest absolute Gasteiger partial charge is 0.395 e. The van der Waals surface area contributed by atoms with Crippen molar-refractivity contribution in [1.82, 2.24) is 4.90 Å². The molecule has 9 nitrogen and oxygen atoms in total. The average Bonchev–Trinajstić information content (AvgIpc) is 2.87. The first-order chi connectivity index (χ1) is 17.8. The lowest BCUT2D eigenvalue weighted by molar-refractivity contribution is 0.136. The summed E-state index contributed by atoms with van der Waals surface area (Å²) in [5.74, 6) is 0.223. The van der Waals surface area contributed by atoms with Gasteiger partial charge < -0.3 is 24.2 Å². The lowest BCUT2D eigenvalue weighted by atomic mass is 10.0. The van der Waals surface area contributed by atoms with E-state index >= 15 is 0 Å². The van der Waals surface area contributed by atoms with Gasteiger partial charge in [-0.15, -0.1) is 13.2 Å². The fourth-order valence-electron chi connectivity index (χ4n) is 3.14. The first kappa shape index (κ1) is 40.0. The van der Waals surface area contributed by atoms with Gasteiger partial charge in [-0.1, -0.05) is 63.6 Å². The third-order valence-electron chi connectivity index (χ3n) is 4.87. The molecule has 0 saturated carbocycles. The van der Waals surface area contributed by atoms with E-state index in [0.717, 1.165) is 38.0 Å². The number of aryl methyl sites for hydroxylation is 1. The van der Waals surface area contributed by atoms with Gasteiger partial charge in [0.2, 0.25) is 0 Å². The SMILES string of the molecule is C=C.CCCCCCCCCc1ccccc1OS(=O)(=O)O.CCOCC.OCCN(CCO)CCO. The zero-order chi connectivity index (χ0) is 28.8. The van der Waals surface area contributed by atoms with Crippen molar-refractivity contribution in [1.29, 1.82) is 0 Å². The third-order valence-corrected chi connectivity index (χ3v) is 5.26. The Morgan fingerprint density at radius 3 is 1.65 bits per heavy atom. The van der Waals surface area contributed by atoms with Crippen LogP contribution in [0.25, 0.3) is 0 Å². The van der Waals surface area contributed by atoms with Crippen LogP contribution in [0.5, 0.6) is 5.75 Å². The molecule has 1 rings (SSSR count). The van der Waals surface area contributed by atoms with Crippen molar-refractivity contribution in [3.8, 4) is 5.75 Å². The van der Waals surface area contributed by atoms with Crippen molar-refractivity contribution in [3.63, 3.8) is 0 Å². The molecule has 1 aromatic carbocycles. The van der Waals surface area contributed by atoms with Gasteiger partial charge in [0.1, 0.15) is 5.75 Å². The normalized spacial score (nSPS) is 10.4. The van der Waals surface area contributed by atoms with Gasteiger partial charge in [-0.3, -0.25) is 9.45 Å². The summed E-state index contributed by atoms with van der Waals surface area (Å²) in [6.45, 7) is 15.6. The maximum absolute atomic E-state index is 10.8. The maximum atomic E-state index is 10.8. The molecule has 0 aliphatic carbocycles. The molecule has 0 aliphatic heterocycles. The van der Waals surface area contributed by atoms with E-state index in [0.29, 0.717) is 19.6 Å². The Labute approximate surface area is 226 Å². The van der Waals surface area contributed by atoms with Crippen LogP contribution in [0.2, 0.25) is 0 Å². The van der Waals surface area contributed by atoms with Crippen LogP contribution >= 0.6 is 0 Å². The van der Waals surface area contributed by atoms with Gasteiger partial charge in [0, 0.05) is 32.8 Å². The van der Waals surface area contributed by atoms with Gasteiger partial charge in [0.05, 0.1) is 19.8 Å². The van der Waals surface area contributed by atoms with Crippen LogP contribution in [0.15, 0.2) is 37.4 Å². The van der Waals surface area contributed by atoms with Gasteiger partial charge in [0.15, 0.2) is 0 Å². The zero-order valence-electron chi connectivity index (χ0n) is 23.3. The van der Waals surface area contributed by atoms with Gasteiger partial charge in [-0.05, 0) is 38.3 Å². The summed E-state index contributed by atoms with van der Waals surface area (Å²) in [4.78, 5) is 1.79. The van der Waals surface area contributed by atoms with Crippen molar-refractivity contribution >= 4 is 10.4 Å². The number of rotatable bonds is 18. The van der Waals surface area contributed by atoms with E-state index < -0.39 is 10.4 Å². The molecule has 0 aromatic heterocycles. The number of aliphatic hydroxyl groups is 3. The summed E-state index contributed by atoms with van der Waals surface area (Å²) in [6, 6.07) is 6.92. The second kappa shape index (κ2) is 30.7. The zero-order valence-corrected chi connectivity index (χ0v) is 24.1. The number of benzene rings is 1. The molecule has 0 radical (unpaired) electrons. The number of para-hydroxylation sites is 1. The Morgan fingerprint density at radius 1 is 0.784 bits per heavy atom. The van der Waals surface area contributed by atoms with Crippen LogP contribution in [0.4, 0.5) is 0 Å². The fraction of sp³-hybridized carbons (Fsp3) is 0.704. The largest absolute Gasteiger partial charge is 0.446 e. The van der Waals surface area contributed by atoms with Gasteiger partial charge in [-0.2, -0.15) is 8.42 Å².